The molecule has 0 saturated carbocycles. The first-order chi connectivity index (χ1) is 9.28. The van der Waals surface area contributed by atoms with Crippen LogP contribution in [0.2, 0.25) is 0 Å². The van der Waals surface area contributed by atoms with E-state index in [-0.39, 0.29) is 6.10 Å². The summed E-state index contributed by atoms with van der Waals surface area (Å²) in [5.41, 5.74) is 2.58. The van der Waals surface area contributed by atoms with Crippen molar-refractivity contribution >= 4 is 5.82 Å². The lowest BCUT2D eigenvalue weighted by Crippen LogP contribution is -2.16. The largest absolute Gasteiger partial charge is 0.370 e. The van der Waals surface area contributed by atoms with Gasteiger partial charge in [0.25, 0.3) is 0 Å². The first-order valence-electron chi connectivity index (χ1n) is 7.57. The van der Waals surface area contributed by atoms with Crippen molar-refractivity contribution in [3.63, 3.8) is 0 Å². The minimum Gasteiger partial charge on any atom is -0.370 e. The summed E-state index contributed by atoms with van der Waals surface area (Å²) < 4.78 is 5.92. The minimum absolute atomic E-state index is 0.0969. The highest BCUT2D eigenvalue weighted by Crippen LogP contribution is 2.33. The lowest BCUT2D eigenvalue weighted by atomic mass is 9.96. The molecule has 4 heteroatoms. The molecule has 0 spiro atoms. The average Bonchev–Trinajstić information content (AvgIpc) is 2.86. The first-order valence-corrected chi connectivity index (χ1v) is 7.57. The van der Waals surface area contributed by atoms with Crippen molar-refractivity contribution < 1.29 is 4.74 Å². The van der Waals surface area contributed by atoms with E-state index in [1.807, 2.05) is 0 Å². The Bertz CT molecular complexity index is 461. The third-order valence-electron chi connectivity index (χ3n) is 4.06. The standard InChI is InChI=1S/C15H23N3O/c1-3-16-14-11-6-4-5-7-12(11)17-15(18-14)13-9-8-10(2)19-13/h10,13H,3-9H2,1-2H3,(H,16,17,18). The van der Waals surface area contributed by atoms with Gasteiger partial charge in [-0.05, 0) is 52.4 Å². The predicted octanol–water partition coefficient (Wildman–Crippen LogP) is 3.03. The zero-order valence-corrected chi connectivity index (χ0v) is 11.9. The summed E-state index contributed by atoms with van der Waals surface area (Å²) in [6, 6.07) is 0. The third kappa shape index (κ3) is 2.59. The van der Waals surface area contributed by atoms with Crippen molar-refractivity contribution in [2.45, 2.75) is 64.6 Å². The molecule has 2 unspecified atom stereocenters. The van der Waals surface area contributed by atoms with Crippen molar-refractivity contribution in [1.29, 1.82) is 0 Å². The Morgan fingerprint density at radius 3 is 2.79 bits per heavy atom. The molecule has 1 aromatic rings. The third-order valence-corrected chi connectivity index (χ3v) is 4.06. The maximum absolute atomic E-state index is 5.92. The van der Waals surface area contributed by atoms with Gasteiger partial charge in [-0.25, -0.2) is 9.97 Å². The molecule has 1 aliphatic heterocycles. The number of aryl methyl sites for hydroxylation is 1. The highest BCUT2D eigenvalue weighted by molar-refractivity contribution is 5.48. The Balaban J connectivity index is 1.94. The summed E-state index contributed by atoms with van der Waals surface area (Å²) in [5, 5.41) is 3.40. The fourth-order valence-electron chi connectivity index (χ4n) is 3.06. The van der Waals surface area contributed by atoms with Gasteiger partial charge in [0.05, 0.1) is 6.10 Å². The molecular formula is C15H23N3O. The summed E-state index contributed by atoms with van der Waals surface area (Å²) in [5.74, 6) is 1.94. The van der Waals surface area contributed by atoms with E-state index in [9.17, 15) is 0 Å². The van der Waals surface area contributed by atoms with Gasteiger partial charge in [0.1, 0.15) is 11.9 Å². The fraction of sp³-hybridized carbons (Fsp3) is 0.733. The van der Waals surface area contributed by atoms with E-state index in [1.54, 1.807) is 0 Å². The lowest BCUT2D eigenvalue weighted by Gasteiger charge is -2.21. The predicted molar refractivity (Wildman–Crippen MR) is 75.4 cm³/mol. The smallest absolute Gasteiger partial charge is 0.159 e. The summed E-state index contributed by atoms with van der Waals surface area (Å²) in [7, 11) is 0. The van der Waals surface area contributed by atoms with Crippen LogP contribution in [0.25, 0.3) is 0 Å². The minimum atomic E-state index is 0.0969. The quantitative estimate of drug-likeness (QED) is 0.908. The van der Waals surface area contributed by atoms with E-state index < -0.39 is 0 Å². The molecule has 19 heavy (non-hydrogen) atoms. The summed E-state index contributed by atoms with van der Waals surface area (Å²) in [6.07, 6.45) is 7.30. The molecule has 0 aromatic carbocycles. The first kappa shape index (κ1) is 12.9. The van der Waals surface area contributed by atoms with Gasteiger partial charge in [-0.1, -0.05) is 0 Å². The van der Waals surface area contributed by atoms with Gasteiger partial charge >= 0.3 is 0 Å². The van der Waals surface area contributed by atoms with Crippen LogP contribution < -0.4 is 5.32 Å². The van der Waals surface area contributed by atoms with Gasteiger partial charge in [-0.3, -0.25) is 0 Å². The van der Waals surface area contributed by atoms with Gasteiger partial charge in [0, 0.05) is 17.8 Å². The molecule has 4 nitrogen and oxygen atoms in total. The van der Waals surface area contributed by atoms with Crippen molar-refractivity contribution in [2.75, 3.05) is 11.9 Å². The molecule has 0 amide bonds. The van der Waals surface area contributed by atoms with Crippen LogP contribution in [0.4, 0.5) is 5.82 Å². The summed E-state index contributed by atoms with van der Waals surface area (Å²) >= 11 is 0. The molecule has 1 saturated heterocycles. The van der Waals surface area contributed by atoms with Crippen LogP contribution in [-0.4, -0.2) is 22.6 Å². The van der Waals surface area contributed by atoms with Crippen LogP contribution in [0.5, 0.6) is 0 Å². The second kappa shape index (κ2) is 5.45. The van der Waals surface area contributed by atoms with Crippen LogP contribution in [0.1, 0.15) is 62.7 Å². The second-order valence-electron chi connectivity index (χ2n) is 5.61. The van der Waals surface area contributed by atoms with Crippen LogP contribution in [0, 0.1) is 0 Å². The highest BCUT2D eigenvalue weighted by Gasteiger charge is 2.28. The van der Waals surface area contributed by atoms with Gasteiger partial charge in [0.15, 0.2) is 5.82 Å². The normalized spacial score (nSPS) is 26.2. The Kier molecular flexibility index (Phi) is 3.69. The highest BCUT2D eigenvalue weighted by atomic mass is 16.5. The van der Waals surface area contributed by atoms with Crippen LogP contribution in [0.15, 0.2) is 0 Å². The molecule has 1 aromatic heterocycles. The average molecular weight is 261 g/mol. The SMILES string of the molecule is CCNc1nc(C2CCC(C)O2)nc2c1CCCC2. The molecular weight excluding hydrogens is 238 g/mol. The van der Waals surface area contributed by atoms with E-state index in [0.717, 1.165) is 43.9 Å². The van der Waals surface area contributed by atoms with Crippen molar-refractivity contribution in [3.8, 4) is 0 Å². The van der Waals surface area contributed by atoms with Crippen molar-refractivity contribution in [3.05, 3.63) is 17.1 Å². The molecule has 1 aliphatic carbocycles. The number of anilines is 1. The van der Waals surface area contributed by atoms with Gasteiger partial charge in [-0.2, -0.15) is 0 Å². The van der Waals surface area contributed by atoms with E-state index in [2.05, 4.69) is 19.2 Å². The maximum Gasteiger partial charge on any atom is 0.159 e. The Hall–Kier alpha value is -1.16. The van der Waals surface area contributed by atoms with Crippen LogP contribution in [0.3, 0.4) is 0 Å². The van der Waals surface area contributed by atoms with E-state index in [1.165, 1.54) is 24.1 Å². The lowest BCUT2D eigenvalue weighted by molar-refractivity contribution is 0.0502. The Morgan fingerprint density at radius 1 is 1.21 bits per heavy atom. The monoisotopic (exact) mass is 261 g/mol. The molecule has 1 N–H and O–H groups in total. The summed E-state index contributed by atoms with van der Waals surface area (Å²) in [4.78, 5) is 9.54. The molecule has 2 heterocycles. The van der Waals surface area contributed by atoms with E-state index in [4.69, 9.17) is 14.7 Å². The Morgan fingerprint density at radius 2 is 2.05 bits per heavy atom. The number of hydrogen-bond acceptors (Lipinski definition) is 4. The molecule has 0 bridgehead atoms. The topological polar surface area (TPSA) is 47.0 Å². The van der Waals surface area contributed by atoms with Crippen molar-refractivity contribution in [2.24, 2.45) is 0 Å². The van der Waals surface area contributed by atoms with E-state index in [0.29, 0.717) is 6.10 Å². The number of nitrogens with one attached hydrogen (secondary N) is 1. The molecule has 2 atom stereocenters. The number of aromatic nitrogens is 2. The number of ether oxygens (including phenoxy) is 1. The Labute approximate surface area is 115 Å². The molecule has 0 radical (unpaired) electrons. The van der Waals surface area contributed by atoms with Crippen LogP contribution >= 0.6 is 0 Å². The van der Waals surface area contributed by atoms with E-state index >= 15 is 0 Å². The van der Waals surface area contributed by atoms with Gasteiger partial charge in [-0.15, -0.1) is 0 Å². The maximum atomic E-state index is 5.92. The fourth-order valence-corrected chi connectivity index (χ4v) is 3.06. The summed E-state index contributed by atoms with van der Waals surface area (Å²) in [6.45, 7) is 5.15. The number of nitrogens with zero attached hydrogens (tertiary/aromatic N) is 2. The molecule has 1 fully saturated rings. The number of rotatable bonds is 3. The van der Waals surface area contributed by atoms with Crippen LogP contribution in [-0.2, 0) is 17.6 Å². The molecule has 2 aliphatic rings. The van der Waals surface area contributed by atoms with Gasteiger partial charge < -0.3 is 10.1 Å². The zero-order valence-electron chi connectivity index (χ0n) is 11.9. The van der Waals surface area contributed by atoms with Gasteiger partial charge in [0.2, 0.25) is 0 Å². The molecule has 3 rings (SSSR count). The molecule has 104 valence electrons. The number of hydrogen-bond donors (Lipinski definition) is 1. The number of fused-ring (bicyclic) bond motifs is 1. The zero-order chi connectivity index (χ0) is 13.2. The second-order valence-corrected chi connectivity index (χ2v) is 5.61. The van der Waals surface area contributed by atoms with Crippen molar-refractivity contribution in [1.82, 2.24) is 9.97 Å².